The summed E-state index contributed by atoms with van der Waals surface area (Å²) in [6.07, 6.45) is 5.38. The molecular formula is C8H13IO. The average molecular weight is 252 g/mol. The lowest BCUT2D eigenvalue weighted by molar-refractivity contribution is 0.362. The van der Waals surface area contributed by atoms with E-state index in [-0.39, 0.29) is 0 Å². The van der Waals surface area contributed by atoms with Gasteiger partial charge in [0.2, 0.25) is 0 Å². The summed E-state index contributed by atoms with van der Waals surface area (Å²) in [7, 11) is 0. The van der Waals surface area contributed by atoms with E-state index in [1.165, 1.54) is 19.3 Å². The number of hydrogen-bond donors (Lipinski definition) is 0. The van der Waals surface area contributed by atoms with Crippen molar-refractivity contribution in [2.45, 2.75) is 42.3 Å². The molecule has 1 saturated heterocycles. The molecule has 2 aliphatic rings. The van der Waals surface area contributed by atoms with E-state index < -0.39 is 0 Å². The number of halogens is 1. The van der Waals surface area contributed by atoms with Crippen molar-refractivity contribution in [1.82, 2.24) is 0 Å². The van der Waals surface area contributed by atoms with Crippen molar-refractivity contribution in [2.75, 3.05) is 0 Å². The minimum atomic E-state index is 0.663. The maximum Gasteiger partial charge on any atom is 0.0844 e. The van der Waals surface area contributed by atoms with Gasteiger partial charge in [0.05, 0.1) is 12.2 Å². The van der Waals surface area contributed by atoms with Crippen LogP contribution in [0.3, 0.4) is 0 Å². The predicted molar refractivity (Wildman–Crippen MR) is 49.5 cm³/mol. The standard InChI is InChI=1S/C8H13IO/c1-5(9)6-2-3-7-8(4-6)10-7/h5-8H,2-4H2,1H3/t5-,6?,7?,8?/m0/s1. The summed E-state index contributed by atoms with van der Waals surface area (Å²) in [4.78, 5) is 0. The zero-order chi connectivity index (χ0) is 7.14. The Hall–Kier alpha value is 0.690. The van der Waals surface area contributed by atoms with Gasteiger partial charge in [0, 0.05) is 3.92 Å². The maximum atomic E-state index is 5.45. The summed E-state index contributed by atoms with van der Waals surface area (Å²) in [6, 6.07) is 0. The Morgan fingerprint density at radius 1 is 1.40 bits per heavy atom. The SMILES string of the molecule is C[C@H](I)C1CCC2OC2C1. The molecule has 58 valence electrons. The van der Waals surface area contributed by atoms with Crippen molar-refractivity contribution in [3.05, 3.63) is 0 Å². The Bertz CT molecular complexity index is 135. The Labute approximate surface area is 75.7 Å². The molecule has 0 aromatic carbocycles. The van der Waals surface area contributed by atoms with Crippen LogP contribution in [0, 0.1) is 5.92 Å². The summed E-state index contributed by atoms with van der Waals surface area (Å²) in [5.74, 6) is 0.935. The first kappa shape index (κ1) is 7.35. The molecule has 1 aliphatic heterocycles. The van der Waals surface area contributed by atoms with Crippen molar-refractivity contribution in [3.63, 3.8) is 0 Å². The van der Waals surface area contributed by atoms with Gasteiger partial charge in [0.1, 0.15) is 0 Å². The van der Waals surface area contributed by atoms with E-state index in [1.807, 2.05) is 0 Å². The molecule has 0 spiro atoms. The average Bonchev–Trinajstić information content (AvgIpc) is 2.63. The van der Waals surface area contributed by atoms with E-state index in [9.17, 15) is 0 Å². The predicted octanol–water partition coefficient (Wildman–Crippen LogP) is 2.38. The minimum Gasteiger partial charge on any atom is -0.370 e. The molecule has 1 heterocycles. The van der Waals surface area contributed by atoms with E-state index in [1.54, 1.807) is 0 Å². The van der Waals surface area contributed by atoms with Gasteiger partial charge in [-0.2, -0.15) is 0 Å². The molecule has 10 heavy (non-hydrogen) atoms. The highest BCUT2D eigenvalue weighted by Gasteiger charge is 2.44. The first-order chi connectivity index (χ1) is 4.77. The highest BCUT2D eigenvalue weighted by molar-refractivity contribution is 14.1. The van der Waals surface area contributed by atoms with E-state index in [0.29, 0.717) is 12.2 Å². The molecule has 2 rings (SSSR count). The molecule has 2 fully saturated rings. The normalized spacial score (nSPS) is 48.0. The number of rotatable bonds is 1. The summed E-state index contributed by atoms with van der Waals surface area (Å²) >= 11 is 2.53. The third-order valence-corrected chi connectivity index (χ3v) is 3.71. The number of hydrogen-bond acceptors (Lipinski definition) is 1. The Morgan fingerprint density at radius 2 is 2.20 bits per heavy atom. The van der Waals surface area contributed by atoms with Crippen LogP contribution in [-0.4, -0.2) is 16.1 Å². The zero-order valence-corrected chi connectivity index (χ0v) is 8.37. The lowest BCUT2D eigenvalue weighted by Crippen LogP contribution is -2.19. The van der Waals surface area contributed by atoms with Gasteiger partial charge < -0.3 is 4.74 Å². The van der Waals surface area contributed by atoms with Gasteiger partial charge in [-0.25, -0.2) is 0 Å². The Balaban J connectivity index is 1.88. The van der Waals surface area contributed by atoms with Gasteiger partial charge >= 0.3 is 0 Å². The summed E-state index contributed by atoms with van der Waals surface area (Å²) in [5.41, 5.74) is 0. The van der Waals surface area contributed by atoms with Crippen LogP contribution in [0.5, 0.6) is 0 Å². The van der Waals surface area contributed by atoms with Gasteiger partial charge in [-0.05, 0) is 25.2 Å². The molecular weight excluding hydrogens is 239 g/mol. The van der Waals surface area contributed by atoms with Crippen molar-refractivity contribution >= 4 is 22.6 Å². The monoisotopic (exact) mass is 252 g/mol. The van der Waals surface area contributed by atoms with Crippen molar-refractivity contribution in [1.29, 1.82) is 0 Å². The molecule has 0 aromatic heterocycles. The minimum absolute atomic E-state index is 0.663. The van der Waals surface area contributed by atoms with Crippen LogP contribution in [-0.2, 0) is 4.74 Å². The molecule has 1 saturated carbocycles. The summed E-state index contributed by atoms with van der Waals surface area (Å²) in [6.45, 7) is 2.31. The highest BCUT2D eigenvalue weighted by Crippen LogP contribution is 2.41. The van der Waals surface area contributed by atoms with E-state index in [4.69, 9.17) is 4.74 Å². The highest BCUT2D eigenvalue weighted by atomic mass is 127. The van der Waals surface area contributed by atoms with Crippen LogP contribution < -0.4 is 0 Å². The molecule has 0 amide bonds. The molecule has 1 nitrogen and oxygen atoms in total. The van der Waals surface area contributed by atoms with Gasteiger partial charge in [0.25, 0.3) is 0 Å². The molecule has 3 unspecified atom stereocenters. The van der Waals surface area contributed by atoms with Crippen LogP contribution in [0.2, 0.25) is 0 Å². The van der Waals surface area contributed by atoms with E-state index in [2.05, 4.69) is 29.5 Å². The van der Waals surface area contributed by atoms with Crippen molar-refractivity contribution in [2.24, 2.45) is 5.92 Å². The molecule has 0 N–H and O–H groups in total. The summed E-state index contributed by atoms with van der Waals surface area (Å²) in [5, 5.41) is 0. The maximum absolute atomic E-state index is 5.45. The molecule has 4 atom stereocenters. The van der Waals surface area contributed by atoms with Gasteiger partial charge in [-0.1, -0.05) is 29.5 Å². The fourth-order valence-electron chi connectivity index (χ4n) is 1.85. The smallest absolute Gasteiger partial charge is 0.0844 e. The van der Waals surface area contributed by atoms with Gasteiger partial charge in [-0.15, -0.1) is 0 Å². The summed E-state index contributed by atoms with van der Waals surface area (Å²) < 4.78 is 6.29. The van der Waals surface area contributed by atoms with Crippen LogP contribution in [0.25, 0.3) is 0 Å². The number of ether oxygens (including phenoxy) is 1. The largest absolute Gasteiger partial charge is 0.370 e. The van der Waals surface area contributed by atoms with Crippen molar-refractivity contribution in [3.8, 4) is 0 Å². The lowest BCUT2D eigenvalue weighted by Gasteiger charge is -2.20. The van der Waals surface area contributed by atoms with Crippen LogP contribution in [0.1, 0.15) is 26.2 Å². The molecule has 0 radical (unpaired) electrons. The number of fused-ring (bicyclic) bond motifs is 1. The topological polar surface area (TPSA) is 12.5 Å². The first-order valence-electron chi connectivity index (χ1n) is 4.07. The molecule has 1 aliphatic carbocycles. The second-order valence-electron chi connectivity index (χ2n) is 3.46. The second kappa shape index (κ2) is 2.63. The van der Waals surface area contributed by atoms with E-state index in [0.717, 1.165) is 9.84 Å². The first-order valence-corrected chi connectivity index (χ1v) is 5.31. The van der Waals surface area contributed by atoms with Crippen molar-refractivity contribution < 1.29 is 4.74 Å². The Kier molecular flexibility index (Phi) is 1.93. The Morgan fingerprint density at radius 3 is 2.80 bits per heavy atom. The quantitative estimate of drug-likeness (QED) is 0.396. The van der Waals surface area contributed by atoms with E-state index >= 15 is 0 Å². The third kappa shape index (κ3) is 1.33. The fourth-order valence-corrected chi connectivity index (χ4v) is 2.51. The van der Waals surface area contributed by atoms with Crippen LogP contribution in [0.15, 0.2) is 0 Å². The zero-order valence-electron chi connectivity index (χ0n) is 6.22. The molecule has 2 heteroatoms. The van der Waals surface area contributed by atoms with Crippen LogP contribution >= 0.6 is 22.6 Å². The van der Waals surface area contributed by atoms with Gasteiger partial charge in [0.15, 0.2) is 0 Å². The second-order valence-corrected chi connectivity index (χ2v) is 5.43. The molecule has 0 aromatic rings. The van der Waals surface area contributed by atoms with Crippen LogP contribution in [0.4, 0.5) is 0 Å². The third-order valence-electron chi connectivity index (χ3n) is 2.69. The number of epoxide rings is 1. The fraction of sp³-hybridized carbons (Fsp3) is 1.00. The van der Waals surface area contributed by atoms with Gasteiger partial charge in [-0.3, -0.25) is 0 Å². The lowest BCUT2D eigenvalue weighted by atomic mass is 9.88. The molecule has 0 bridgehead atoms. The number of alkyl halides is 1.